The van der Waals surface area contributed by atoms with Crippen LogP contribution in [0.3, 0.4) is 0 Å². The van der Waals surface area contributed by atoms with Gasteiger partial charge in [0, 0.05) is 14.5 Å². The van der Waals surface area contributed by atoms with Gasteiger partial charge in [0.2, 0.25) is 0 Å². The molecule has 0 aliphatic rings. The number of ether oxygens (including phenoxy) is 1. The number of hydrogen-bond donors (Lipinski definition) is 0. The molecule has 4 heteroatoms. The summed E-state index contributed by atoms with van der Waals surface area (Å²) in [5, 5.41) is -0.235. The fourth-order valence-corrected chi connectivity index (χ4v) is 2.94. The Labute approximate surface area is 141 Å². The maximum absolute atomic E-state index is 6.65. The van der Waals surface area contributed by atoms with Gasteiger partial charge in [-0.3, -0.25) is 0 Å². The van der Waals surface area contributed by atoms with Crippen molar-refractivity contribution < 1.29 is 4.74 Å². The van der Waals surface area contributed by atoms with Crippen LogP contribution in [0.15, 0.2) is 45.3 Å². The van der Waals surface area contributed by atoms with E-state index >= 15 is 0 Å². The molecule has 2 rings (SSSR count). The third-order valence-corrected chi connectivity index (χ3v) is 4.89. The fourth-order valence-electron chi connectivity index (χ4n) is 2.01. The molecule has 2 aromatic rings. The summed E-state index contributed by atoms with van der Waals surface area (Å²) in [6, 6.07) is 12.1. The predicted molar refractivity (Wildman–Crippen MR) is 91.9 cm³/mol. The van der Waals surface area contributed by atoms with E-state index in [0.29, 0.717) is 6.61 Å². The van der Waals surface area contributed by atoms with Crippen molar-refractivity contribution >= 4 is 43.5 Å². The molecule has 2 aromatic carbocycles. The van der Waals surface area contributed by atoms with Crippen molar-refractivity contribution in [3.63, 3.8) is 0 Å². The fraction of sp³-hybridized carbons (Fsp3) is 0.250. The van der Waals surface area contributed by atoms with E-state index in [1.807, 2.05) is 37.3 Å². The summed E-state index contributed by atoms with van der Waals surface area (Å²) in [5.74, 6) is 0.830. The maximum atomic E-state index is 6.65. The second-order valence-electron chi connectivity index (χ2n) is 4.49. The van der Waals surface area contributed by atoms with Crippen LogP contribution < -0.4 is 4.74 Å². The highest BCUT2D eigenvalue weighted by atomic mass is 79.9. The van der Waals surface area contributed by atoms with E-state index in [1.165, 1.54) is 5.56 Å². The van der Waals surface area contributed by atoms with Crippen LogP contribution in [0.25, 0.3) is 0 Å². The molecule has 0 amide bonds. The van der Waals surface area contributed by atoms with Gasteiger partial charge in [-0.2, -0.15) is 0 Å². The highest BCUT2D eigenvalue weighted by Crippen LogP contribution is 2.37. The maximum Gasteiger partial charge on any atom is 0.124 e. The van der Waals surface area contributed by atoms with Gasteiger partial charge in [0.25, 0.3) is 0 Å². The molecular formula is C16H15Br2ClO. The van der Waals surface area contributed by atoms with Crippen LogP contribution in [-0.4, -0.2) is 6.61 Å². The molecule has 0 spiro atoms. The minimum absolute atomic E-state index is 0.235. The Balaban J connectivity index is 2.43. The molecule has 1 nitrogen and oxygen atoms in total. The average Bonchev–Trinajstić information content (AvgIpc) is 2.43. The quantitative estimate of drug-likeness (QED) is 0.534. The summed E-state index contributed by atoms with van der Waals surface area (Å²) in [7, 11) is 0. The van der Waals surface area contributed by atoms with Gasteiger partial charge in [-0.25, -0.2) is 0 Å². The van der Waals surface area contributed by atoms with Crippen LogP contribution in [0.5, 0.6) is 5.75 Å². The minimum Gasteiger partial charge on any atom is -0.494 e. The van der Waals surface area contributed by atoms with Gasteiger partial charge in [0.1, 0.15) is 5.75 Å². The van der Waals surface area contributed by atoms with E-state index in [-0.39, 0.29) is 5.38 Å². The van der Waals surface area contributed by atoms with Gasteiger partial charge in [-0.15, -0.1) is 11.6 Å². The number of hydrogen-bond acceptors (Lipinski definition) is 1. The Hall–Kier alpha value is -0.510. The highest BCUT2D eigenvalue weighted by Gasteiger charge is 2.17. The van der Waals surface area contributed by atoms with Crippen LogP contribution in [0.4, 0.5) is 0 Å². The SMILES string of the molecule is CCOc1ccc(Br)cc1C(Cl)c1ccc(Br)c(C)c1. The first-order valence-electron chi connectivity index (χ1n) is 6.35. The predicted octanol–water partition coefficient (Wildman–Crippen LogP) is 6.25. The first-order valence-corrected chi connectivity index (χ1v) is 8.37. The lowest BCUT2D eigenvalue weighted by Gasteiger charge is -2.16. The molecule has 0 saturated carbocycles. The van der Waals surface area contributed by atoms with Crippen LogP contribution in [0, 0.1) is 6.92 Å². The Kier molecular flexibility index (Phi) is 5.53. The molecule has 1 unspecified atom stereocenters. The molecule has 1 atom stereocenters. The zero-order valence-corrected chi connectivity index (χ0v) is 15.2. The van der Waals surface area contributed by atoms with Crippen LogP contribution >= 0.6 is 43.5 Å². The molecule has 0 N–H and O–H groups in total. The number of aryl methyl sites for hydroxylation is 1. The van der Waals surface area contributed by atoms with Crippen molar-refractivity contribution in [1.82, 2.24) is 0 Å². The van der Waals surface area contributed by atoms with Crippen molar-refractivity contribution in [1.29, 1.82) is 0 Å². The lowest BCUT2D eigenvalue weighted by molar-refractivity contribution is 0.337. The third-order valence-electron chi connectivity index (χ3n) is 3.02. The van der Waals surface area contributed by atoms with E-state index in [9.17, 15) is 0 Å². The normalized spacial score (nSPS) is 12.2. The largest absolute Gasteiger partial charge is 0.494 e. The molecule has 20 heavy (non-hydrogen) atoms. The zero-order valence-electron chi connectivity index (χ0n) is 11.3. The lowest BCUT2D eigenvalue weighted by atomic mass is 10.0. The Bertz CT molecular complexity index is 613. The molecule has 0 bridgehead atoms. The van der Waals surface area contributed by atoms with Gasteiger partial charge >= 0.3 is 0 Å². The average molecular weight is 419 g/mol. The standard InChI is InChI=1S/C16H15Br2ClO/c1-3-20-15-7-5-12(17)9-13(15)16(19)11-4-6-14(18)10(2)8-11/h4-9,16H,3H2,1-2H3. The van der Waals surface area contributed by atoms with Gasteiger partial charge in [-0.05, 0) is 49.2 Å². The van der Waals surface area contributed by atoms with Gasteiger partial charge in [-0.1, -0.05) is 44.0 Å². The Morgan fingerprint density at radius 3 is 2.55 bits per heavy atom. The summed E-state index contributed by atoms with van der Waals surface area (Å²) in [4.78, 5) is 0. The zero-order chi connectivity index (χ0) is 14.7. The van der Waals surface area contributed by atoms with E-state index in [4.69, 9.17) is 16.3 Å². The van der Waals surface area contributed by atoms with Crippen LogP contribution in [-0.2, 0) is 0 Å². The molecule has 0 saturated heterocycles. The van der Waals surface area contributed by atoms with Gasteiger partial charge < -0.3 is 4.74 Å². The van der Waals surface area contributed by atoms with Gasteiger partial charge in [0.15, 0.2) is 0 Å². The van der Waals surface area contributed by atoms with Crippen LogP contribution in [0.2, 0.25) is 0 Å². The molecule has 0 heterocycles. The molecule has 106 valence electrons. The molecule has 0 fully saturated rings. The molecular weight excluding hydrogens is 403 g/mol. The minimum atomic E-state index is -0.235. The summed E-state index contributed by atoms with van der Waals surface area (Å²) < 4.78 is 7.76. The highest BCUT2D eigenvalue weighted by molar-refractivity contribution is 9.10. The van der Waals surface area contributed by atoms with E-state index < -0.39 is 0 Å². The van der Waals surface area contributed by atoms with Gasteiger partial charge in [0.05, 0.1) is 12.0 Å². The summed E-state index contributed by atoms with van der Waals surface area (Å²) in [6.07, 6.45) is 0. The smallest absolute Gasteiger partial charge is 0.124 e. The topological polar surface area (TPSA) is 9.23 Å². The molecule has 0 aromatic heterocycles. The number of benzene rings is 2. The van der Waals surface area contributed by atoms with Crippen molar-refractivity contribution in [2.75, 3.05) is 6.61 Å². The van der Waals surface area contributed by atoms with E-state index in [0.717, 1.165) is 25.8 Å². The van der Waals surface area contributed by atoms with E-state index in [2.05, 4.69) is 44.8 Å². The lowest BCUT2D eigenvalue weighted by Crippen LogP contribution is -2.00. The third kappa shape index (κ3) is 3.57. The first kappa shape index (κ1) is 15.9. The number of halogens is 3. The second kappa shape index (κ2) is 6.97. The molecule has 0 radical (unpaired) electrons. The first-order chi connectivity index (χ1) is 9.52. The second-order valence-corrected chi connectivity index (χ2v) is 6.69. The summed E-state index contributed by atoms with van der Waals surface area (Å²) in [6.45, 7) is 4.65. The number of rotatable bonds is 4. The van der Waals surface area contributed by atoms with Crippen molar-refractivity contribution in [2.45, 2.75) is 19.2 Å². The Morgan fingerprint density at radius 1 is 1.15 bits per heavy atom. The Morgan fingerprint density at radius 2 is 1.90 bits per heavy atom. The summed E-state index contributed by atoms with van der Waals surface area (Å²) in [5.41, 5.74) is 3.21. The van der Waals surface area contributed by atoms with Crippen LogP contribution in [0.1, 0.15) is 29.0 Å². The summed E-state index contributed by atoms with van der Waals surface area (Å²) >= 11 is 13.7. The van der Waals surface area contributed by atoms with Crippen molar-refractivity contribution in [2.24, 2.45) is 0 Å². The van der Waals surface area contributed by atoms with Crippen molar-refractivity contribution in [3.05, 3.63) is 62.0 Å². The van der Waals surface area contributed by atoms with E-state index in [1.54, 1.807) is 0 Å². The van der Waals surface area contributed by atoms with Crippen molar-refractivity contribution in [3.8, 4) is 5.75 Å². The monoisotopic (exact) mass is 416 g/mol. The molecule has 0 aliphatic heterocycles. The molecule has 0 aliphatic carbocycles. The number of alkyl halides is 1.